The number of benzene rings is 1. The second-order valence-corrected chi connectivity index (χ2v) is 9.91. The molecule has 1 aromatic heterocycles. The third-order valence-electron chi connectivity index (χ3n) is 3.67. The Balaban J connectivity index is 2.30. The van der Waals surface area contributed by atoms with Crippen LogP contribution in [-0.4, -0.2) is 57.2 Å². The Kier molecular flexibility index (Phi) is 7.80. The second kappa shape index (κ2) is 9.73. The van der Waals surface area contributed by atoms with Crippen LogP contribution < -0.4 is 10.6 Å². The smallest absolute Gasteiger partial charge is 0.394 e. The van der Waals surface area contributed by atoms with E-state index in [0.29, 0.717) is 11.9 Å². The molecular weight excluding hydrogens is 447 g/mol. The number of amides is 2. The number of rotatable bonds is 8. The first-order valence-electron chi connectivity index (χ1n) is 8.58. The van der Waals surface area contributed by atoms with Gasteiger partial charge in [-0.05, 0) is 19.1 Å². The summed E-state index contributed by atoms with van der Waals surface area (Å²) < 4.78 is 68.8. The van der Waals surface area contributed by atoms with Crippen molar-refractivity contribution in [3.05, 3.63) is 34.8 Å². The molecule has 1 aromatic carbocycles. The zero-order valence-corrected chi connectivity index (χ0v) is 17.7. The summed E-state index contributed by atoms with van der Waals surface area (Å²) in [6, 6.07) is 2.34. The second-order valence-electron chi connectivity index (χ2n) is 6.16. The molecule has 2 aromatic rings. The van der Waals surface area contributed by atoms with Gasteiger partial charge < -0.3 is 15.2 Å². The molecular formula is C17H21F3N3O5S2+. The van der Waals surface area contributed by atoms with Gasteiger partial charge in [0.1, 0.15) is 0 Å². The minimum Gasteiger partial charge on any atom is -0.394 e. The van der Waals surface area contributed by atoms with Gasteiger partial charge in [0.25, 0.3) is 0 Å². The summed E-state index contributed by atoms with van der Waals surface area (Å²) in [6.45, 7) is 1.94. The number of nitrogens with zero attached hydrogens (tertiary/aromatic N) is 1. The van der Waals surface area contributed by atoms with Crippen LogP contribution in [0.25, 0.3) is 4.90 Å². The van der Waals surface area contributed by atoms with Crippen molar-refractivity contribution < 1.29 is 36.2 Å². The Bertz CT molecular complexity index is 1010. The number of aliphatic hydroxyl groups excluding tert-OH is 1. The molecule has 2 amide bonds. The third-order valence-corrected chi connectivity index (χ3v) is 6.78. The number of aliphatic hydroxyl groups is 1. The normalized spacial score (nSPS) is 12.7. The topological polar surface area (TPSA) is 118 Å². The lowest BCUT2D eigenvalue weighted by atomic mass is 10.2. The number of nitrogens with one attached hydrogen (secondary N) is 2. The highest BCUT2D eigenvalue weighted by Crippen LogP contribution is 2.43. The molecule has 1 atom stereocenters. The fraction of sp³-hybridized carbons (Fsp3) is 0.412. The number of hydrogen-bond donors (Lipinski definition) is 3. The highest BCUT2D eigenvalue weighted by atomic mass is 32.2. The number of urea groups is 1. The number of thiazole rings is 1. The van der Waals surface area contributed by atoms with E-state index in [9.17, 15) is 26.4 Å². The highest BCUT2D eigenvalue weighted by molar-refractivity contribution is 7.90. The summed E-state index contributed by atoms with van der Waals surface area (Å²) in [4.78, 5) is 15.6. The number of aryl methyl sites for hydroxylation is 1. The number of anilines is 1. The van der Waals surface area contributed by atoms with Gasteiger partial charge in [0.05, 0.1) is 46.4 Å². The lowest BCUT2D eigenvalue weighted by molar-refractivity contribution is -0.139. The molecule has 166 valence electrons. The standard InChI is InChI=1S/C17H20F3N3O5S2/c1-11-10-29(16(22-11)23-15(25)21-5-7-28-8-6-24)12-3-4-14(30(2,26)27)13(9-12)17(18,19)20/h3-4,9-10,24H,5-8H2,1-2H3,(H-,21,22,23,25)/p+1. The number of aromatic nitrogens is 1. The molecule has 3 N–H and O–H groups in total. The van der Waals surface area contributed by atoms with E-state index in [1.54, 1.807) is 12.3 Å². The van der Waals surface area contributed by atoms with Gasteiger partial charge in [0.15, 0.2) is 20.1 Å². The van der Waals surface area contributed by atoms with E-state index in [-0.39, 0.29) is 36.4 Å². The molecule has 0 saturated heterocycles. The fourth-order valence-corrected chi connectivity index (χ4v) is 5.12. The molecule has 0 radical (unpaired) electrons. The summed E-state index contributed by atoms with van der Waals surface area (Å²) in [7, 11) is -5.20. The van der Waals surface area contributed by atoms with Crippen LogP contribution in [0.3, 0.4) is 0 Å². The third kappa shape index (κ3) is 6.39. The largest absolute Gasteiger partial charge is 0.417 e. The predicted octanol–water partition coefficient (Wildman–Crippen LogP) is 2.68. The molecule has 30 heavy (non-hydrogen) atoms. The van der Waals surface area contributed by atoms with Crippen LogP contribution in [0.15, 0.2) is 28.5 Å². The fourth-order valence-electron chi connectivity index (χ4n) is 2.46. The molecule has 0 fully saturated rings. The SMILES string of the molecule is Cc1c[s+](-c2ccc(S(C)(=O)=O)c(C(F)(F)F)c2)c(NC(=O)NCCOCCO)n1. The van der Waals surface area contributed by atoms with Crippen LogP contribution >= 0.6 is 10.5 Å². The summed E-state index contributed by atoms with van der Waals surface area (Å²) in [5.41, 5.74) is -0.765. The Labute approximate surface area is 174 Å². The maximum Gasteiger partial charge on any atom is 0.417 e. The van der Waals surface area contributed by atoms with E-state index in [1.165, 1.54) is 6.07 Å². The molecule has 0 aliphatic rings. The van der Waals surface area contributed by atoms with E-state index in [1.807, 2.05) is 0 Å². The maximum absolute atomic E-state index is 13.4. The zero-order valence-electron chi connectivity index (χ0n) is 16.1. The van der Waals surface area contributed by atoms with Crippen LogP contribution in [-0.2, 0) is 20.8 Å². The van der Waals surface area contributed by atoms with Crippen molar-refractivity contribution in [2.24, 2.45) is 0 Å². The minimum absolute atomic E-state index is 0.133. The van der Waals surface area contributed by atoms with Gasteiger partial charge in [-0.3, -0.25) is 0 Å². The van der Waals surface area contributed by atoms with Crippen molar-refractivity contribution >= 4 is 31.5 Å². The summed E-state index contributed by atoms with van der Waals surface area (Å²) in [5.74, 6) is 0. The number of hydrogen-bond acceptors (Lipinski definition) is 6. The van der Waals surface area contributed by atoms with Gasteiger partial charge in [0.2, 0.25) is 0 Å². The summed E-state index contributed by atoms with van der Waals surface area (Å²) in [5, 5.41) is 15.4. The first-order chi connectivity index (χ1) is 13.9. The average Bonchev–Trinajstić information content (AvgIpc) is 2.99. The molecule has 1 unspecified atom stereocenters. The van der Waals surface area contributed by atoms with Gasteiger partial charge in [-0.1, -0.05) is 0 Å². The van der Waals surface area contributed by atoms with Gasteiger partial charge in [0, 0.05) is 18.9 Å². The number of halogens is 3. The van der Waals surface area contributed by atoms with E-state index < -0.39 is 43.0 Å². The molecule has 0 aliphatic carbocycles. The predicted molar refractivity (Wildman–Crippen MR) is 106 cm³/mol. The molecule has 0 bridgehead atoms. The Hall–Kier alpha value is -2.22. The number of carbonyl (C=O) groups is 1. The Morgan fingerprint density at radius 3 is 2.60 bits per heavy atom. The van der Waals surface area contributed by atoms with Crippen LogP contribution in [0.5, 0.6) is 0 Å². The average molecular weight is 468 g/mol. The molecule has 0 saturated carbocycles. The first kappa shape index (κ1) is 24.1. The summed E-state index contributed by atoms with van der Waals surface area (Å²) >= 11 is 0. The molecule has 0 spiro atoms. The van der Waals surface area contributed by atoms with Crippen molar-refractivity contribution in [3.8, 4) is 4.90 Å². The Morgan fingerprint density at radius 2 is 2.00 bits per heavy atom. The van der Waals surface area contributed by atoms with Gasteiger partial charge in [-0.25, -0.2) is 18.5 Å². The van der Waals surface area contributed by atoms with E-state index in [0.717, 1.165) is 12.1 Å². The first-order valence-corrected chi connectivity index (χ1v) is 11.8. The molecule has 13 heteroatoms. The molecule has 1 heterocycles. The van der Waals surface area contributed by atoms with Gasteiger partial charge in [-0.2, -0.15) is 18.2 Å². The number of sulfone groups is 1. The number of carbonyl (C=O) groups excluding carboxylic acids is 1. The van der Waals surface area contributed by atoms with Crippen molar-refractivity contribution in [1.29, 1.82) is 0 Å². The lowest BCUT2D eigenvalue weighted by Crippen LogP contribution is -2.31. The van der Waals surface area contributed by atoms with Gasteiger partial charge in [-0.15, -0.1) is 0 Å². The van der Waals surface area contributed by atoms with Crippen molar-refractivity contribution in [2.75, 3.05) is 37.9 Å². The van der Waals surface area contributed by atoms with Crippen LogP contribution in [0, 0.1) is 6.92 Å². The highest BCUT2D eigenvalue weighted by Gasteiger charge is 2.38. The summed E-state index contributed by atoms with van der Waals surface area (Å²) in [6.07, 6.45) is -4.16. The Morgan fingerprint density at radius 1 is 1.30 bits per heavy atom. The number of alkyl halides is 3. The van der Waals surface area contributed by atoms with Crippen molar-refractivity contribution in [3.63, 3.8) is 0 Å². The van der Waals surface area contributed by atoms with Crippen molar-refractivity contribution in [2.45, 2.75) is 18.0 Å². The van der Waals surface area contributed by atoms with Crippen LogP contribution in [0.1, 0.15) is 11.3 Å². The van der Waals surface area contributed by atoms with E-state index in [2.05, 4.69) is 15.6 Å². The molecule has 0 aliphatic heterocycles. The van der Waals surface area contributed by atoms with Crippen LogP contribution in [0.4, 0.5) is 23.1 Å². The maximum atomic E-state index is 13.4. The van der Waals surface area contributed by atoms with Crippen molar-refractivity contribution in [1.82, 2.24) is 10.3 Å². The van der Waals surface area contributed by atoms with E-state index >= 15 is 0 Å². The minimum atomic E-state index is -4.87. The monoisotopic (exact) mass is 468 g/mol. The molecule has 2 rings (SSSR count). The number of ether oxygens (including phenoxy) is 1. The van der Waals surface area contributed by atoms with Gasteiger partial charge >= 0.3 is 17.3 Å². The van der Waals surface area contributed by atoms with E-state index in [4.69, 9.17) is 9.84 Å². The zero-order chi connectivity index (χ0) is 22.5. The molecule has 8 nitrogen and oxygen atoms in total. The lowest BCUT2D eigenvalue weighted by Gasteiger charge is -2.11. The van der Waals surface area contributed by atoms with Crippen LogP contribution in [0.2, 0.25) is 0 Å². The quantitative estimate of drug-likeness (QED) is 0.405.